The number of hydrogen-bond donors (Lipinski definition) is 1. The van der Waals surface area contributed by atoms with Gasteiger partial charge in [-0.25, -0.2) is 0 Å². The molecule has 0 aliphatic heterocycles. The minimum atomic E-state index is -0.221. The largest absolute Gasteiger partial charge is 0.497 e. The summed E-state index contributed by atoms with van der Waals surface area (Å²) in [4.78, 5) is 16.9. The number of benzene rings is 2. The summed E-state index contributed by atoms with van der Waals surface area (Å²) in [6, 6.07) is 17.6. The quantitative estimate of drug-likeness (QED) is 0.676. The Morgan fingerprint density at radius 3 is 2.54 bits per heavy atom. The predicted molar refractivity (Wildman–Crippen MR) is 105 cm³/mol. The van der Waals surface area contributed by atoms with Crippen molar-refractivity contribution in [3.8, 4) is 17.1 Å². The average molecular weight is 377 g/mol. The molecule has 1 N–H and O–H groups in total. The lowest BCUT2D eigenvalue weighted by atomic mass is 9.71. The number of nitrogens with one attached hydrogen (secondary N) is 1. The Hall–Kier alpha value is -3.15. The smallest absolute Gasteiger partial charge is 0.227 e. The molecule has 0 unspecified atom stereocenters. The van der Waals surface area contributed by atoms with Crippen LogP contribution in [0.15, 0.2) is 59.1 Å². The zero-order valence-electron chi connectivity index (χ0n) is 15.9. The summed E-state index contributed by atoms with van der Waals surface area (Å²) < 4.78 is 10.5. The molecule has 1 aromatic heterocycles. The lowest BCUT2D eigenvalue weighted by Crippen LogP contribution is -2.50. The summed E-state index contributed by atoms with van der Waals surface area (Å²) in [5.41, 5.74) is 1.80. The fourth-order valence-corrected chi connectivity index (χ4v) is 3.54. The van der Waals surface area contributed by atoms with Gasteiger partial charge in [-0.1, -0.05) is 35.5 Å². The van der Waals surface area contributed by atoms with E-state index in [9.17, 15) is 4.79 Å². The van der Waals surface area contributed by atoms with Crippen molar-refractivity contribution in [2.24, 2.45) is 0 Å². The number of hydrogen-bond acceptors (Lipinski definition) is 5. The highest BCUT2D eigenvalue weighted by Gasteiger charge is 2.39. The molecule has 144 valence electrons. The number of methoxy groups -OCH3 is 1. The van der Waals surface area contributed by atoms with E-state index in [1.54, 1.807) is 7.11 Å². The standard InChI is InChI=1S/C22H23N3O3/c1-27-18-10-8-16(9-11-18)21-23-20(28-25-21)13-12-19(26)24-22(14-5-15-22)17-6-3-2-4-7-17/h2-4,6-11H,5,12-15H2,1H3,(H,24,26). The third-order valence-corrected chi connectivity index (χ3v) is 5.29. The molecule has 0 spiro atoms. The van der Waals surface area contributed by atoms with Gasteiger partial charge in [-0.15, -0.1) is 0 Å². The highest BCUT2D eigenvalue weighted by Crippen LogP contribution is 2.41. The van der Waals surface area contributed by atoms with Crippen molar-refractivity contribution in [3.63, 3.8) is 0 Å². The van der Waals surface area contributed by atoms with E-state index < -0.39 is 0 Å². The zero-order valence-corrected chi connectivity index (χ0v) is 15.9. The fraction of sp³-hybridized carbons (Fsp3) is 0.318. The molecule has 1 aliphatic carbocycles. The number of ether oxygens (including phenoxy) is 1. The van der Waals surface area contributed by atoms with Crippen molar-refractivity contribution in [3.05, 3.63) is 66.1 Å². The highest BCUT2D eigenvalue weighted by atomic mass is 16.5. The van der Waals surface area contributed by atoms with Gasteiger partial charge in [-0.05, 0) is 49.1 Å². The van der Waals surface area contributed by atoms with E-state index in [4.69, 9.17) is 9.26 Å². The normalized spacial score (nSPS) is 14.9. The van der Waals surface area contributed by atoms with E-state index in [0.717, 1.165) is 30.6 Å². The van der Waals surface area contributed by atoms with Crippen LogP contribution in [0.4, 0.5) is 0 Å². The molecule has 0 bridgehead atoms. The summed E-state index contributed by atoms with van der Waals surface area (Å²) in [6.45, 7) is 0. The topological polar surface area (TPSA) is 77.2 Å². The van der Waals surface area contributed by atoms with E-state index in [1.807, 2.05) is 42.5 Å². The van der Waals surface area contributed by atoms with Gasteiger partial charge in [0.05, 0.1) is 12.6 Å². The van der Waals surface area contributed by atoms with Crippen molar-refractivity contribution >= 4 is 5.91 Å². The maximum Gasteiger partial charge on any atom is 0.227 e. The SMILES string of the molecule is COc1ccc(-c2noc(CCC(=O)NC3(c4ccccc4)CCC3)n2)cc1. The van der Waals surface area contributed by atoms with Gasteiger partial charge in [0, 0.05) is 18.4 Å². The van der Waals surface area contributed by atoms with Crippen molar-refractivity contribution in [1.82, 2.24) is 15.5 Å². The van der Waals surface area contributed by atoms with Crippen LogP contribution in [-0.4, -0.2) is 23.2 Å². The van der Waals surface area contributed by atoms with Crippen molar-refractivity contribution < 1.29 is 14.1 Å². The predicted octanol–water partition coefficient (Wildman–Crippen LogP) is 3.87. The second-order valence-corrected chi connectivity index (χ2v) is 7.09. The minimum absolute atomic E-state index is 0.00718. The zero-order chi connectivity index (χ0) is 19.4. The van der Waals surface area contributed by atoms with Gasteiger partial charge < -0.3 is 14.6 Å². The van der Waals surface area contributed by atoms with Gasteiger partial charge in [0.15, 0.2) is 0 Å². The Kier molecular flexibility index (Phi) is 5.10. The van der Waals surface area contributed by atoms with Crippen molar-refractivity contribution in [2.45, 2.75) is 37.6 Å². The third-order valence-electron chi connectivity index (χ3n) is 5.29. The van der Waals surface area contributed by atoms with Gasteiger partial charge in [0.25, 0.3) is 0 Å². The molecule has 1 saturated carbocycles. The molecule has 6 nitrogen and oxygen atoms in total. The van der Waals surface area contributed by atoms with E-state index in [-0.39, 0.29) is 11.4 Å². The maximum absolute atomic E-state index is 12.5. The Morgan fingerprint density at radius 1 is 1.14 bits per heavy atom. The van der Waals surface area contributed by atoms with Crippen LogP contribution in [0.25, 0.3) is 11.4 Å². The molecule has 1 amide bonds. The second-order valence-electron chi connectivity index (χ2n) is 7.09. The van der Waals surface area contributed by atoms with Crippen LogP contribution in [0.3, 0.4) is 0 Å². The van der Waals surface area contributed by atoms with Gasteiger partial charge in [-0.3, -0.25) is 4.79 Å². The fourth-order valence-electron chi connectivity index (χ4n) is 3.54. The average Bonchev–Trinajstić information content (AvgIpc) is 3.19. The Labute approximate surface area is 163 Å². The molecule has 1 aliphatic rings. The molecule has 0 atom stereocenters. The number of amides is 1. The van der Waals surface area contributed by atoms with E-state index >= 15 is 0 Å². The number of carbonyl (C=O) groups is 1. The first-order valence-electron chi connectivity index (χ1n) is 9.52. The molecular formula is C22H23N3O3. The van der Waals surface area contributed by atoms with Crippen LogP contribution in [0.5, 0.6) is 5.75 Å². The van der Waals surface area contributed by atoms with Crippen LogP contribution < -0.4 is 10.1 Å². The monoisotopic (exact) mass is 377 g/mol. The first kappa shape index (κ1) is 18.2. The van der Waals surface area contributed by atoms with Gasteiger partial charge in [0.2, 0.25) is 17.6 Å². The Bertz CT molecular complexity index is 931. The first-order valence-corrected chi connectivity index (χ1v) is 9.52. The lowest BCUT2D eigenvalue weighted by Gasteiger charge is -2.43. The van der Waals surface area contributed by atoms with Crippen LogP contribution in [0.1, 0.15) is 37.1 Å². The van der Waals surface area contributed by atoms with Crippen molar-refractivity contribution in [1.29, 1.82) is 0 Å². The van der Waals surface area contributed by atoms with Crippen LogP contribution in [-0.2, 0) is 16.8 Å². The molecule has 4 rings (SSSR count). The van der Waals surface area contributed by atoms with E-state index in [2.05, 4.69) is 27.6 Å². The number of nitrogens with zero attached hydrogens (tertiary/aromatic N) is 2. The second kappa shape index (κ2) is 7.84. The summed E-state index contributed by atoms with van der Waals surface area (Å²) in [7, 11) is 1.62. The number of aryl methyl sites for hydroxylation is 1. The molecule has 0 radical (unpaired) electrons. The van der Waals surface area contributed by atoms with E-state index in [0.29, 0.717) is 24.6 Å². The molecule has 1 fully saturated rings. The Morgan fingerprint density at radius 2 is 1.89 bits per heavy atom. The van der Waals surface area contributed by atoms with Gasteiger partial charge >= 0.3 is 0 Å². The summed E-state index contributed by atoms with van der Waals surface area (Å²) >= 11 is 0. The number of rotatable bonds is 7. The first-order chi connectivity index (χ1) is 13.7. The summed E-state index contributed by atoms with van der Waals surface area (Å²) in [6.07, 6.45) is 3.82. The molecule has 28 heavy (non-hydrogen) atoms. The van der Waals surface area contributed by atoms with Crippen LogP contribution in [0, 0.1) is 0 Å². The molecular weight excluding hydrogens is 354 g/mol. The molecule has 2 aromatic carbocycles. The lowest BCUT2D eigenvalue weighted by molar-refractivity contribution is -0.124. The molecule has 0 saturated heterocycles. The summed E-state index contributed by atoms with van der Waals surface area (Å²) in [5.74, 6) is 1.75. The maximum atomic E-state index is 12.5. The third kappa shape index (κ3) is 3.76. The molecule has 6 heteroatoms. The van der Waals surface area contributed by atoms with Crippen LogP contribution in [0.2, 0.25) is 0 Å². The van der Waals surface area contributed by atoms with Crippen molar-refractivity contribution in [2.75, 3.05) is 7.11 Å². The number of aromatic nitrogens is 2. The molecule has 1 heterocycles. The number of carbonyl (C=O) groups excluding carboxylic acids is 1. The van der Waals surface area contributed by atoms with E-state index in [1.165, 1.54) is 5.56 Å². The molecule has 3 aromatic rings. The van der Waals surface area contributed by atoms with Gasteiger partial charge in [0.1, 0.15) is 5.75 Å². The Balaban J connectivity index is 1.35. The van der Waals surface area contributed by atoms with Crippen LogP contribution >= 0.6 is 0 Å². The summed E-state index contributed by atoms with van der Waals surface area (Å²) in [5, 5.41) is 7.24. The van der Waals surface area contributed by atoms with Gasteiger partial charge in [-0.2, -0.15) is 4.98 Å². The highest BCUT2D eigenvalue weighted by molar-refractivity contribution is 5.77. The minimum Gasteiger partial charge on any atom is -0.497 e.